The molecule has 216 valence electrons. The van der Waals surface area contributed by atoms with Gasteiger partial charge in [0.05, 0.1) is 18.7 Å². The molecular formula is C35H31N3O5. The summed E-state index contributed by atoms with van der Waals surface area (Å²) in [6.45, 7) is 2.93. The zero-order valence-electron chi connectivity index (χ0n) is 23.7. The number of pyridine rings is 2. The van der Waals surface area contributed by atoms with Crippen molar-refractivity contribution in [1.82, 2.24) is 15.0 Å². The lowest BCUT2D eigenvalue weighted by Crippen LogP contribution is -2.06. The molecule has 0 fully saturated rings. The fourth-order valence-corrected chi connectivity index (χ4v) is 5.34. The van der Waals surface area contributed by atoms with Gasteiger partial charge in [0.15, 0.2) is 0 Å². The van der Waals surface area contributed by atoms with Crippen LogP contribution in [0.5, 0.6) is 17.5 Å². The molecule has 0 saturated carbocycles. The monoisotopic (exact) mass is 573 g/mol. The molecule has 2 N–H and O–H groups in total. The summed E-state index contributed by atoms with van der Waals surface area (Å²) in [4.78, 5) is 23.5. The predicted octanol–water partition coefficient (Wildman–Crippen LogP) is 7.78. The average Bonchev–Trinajstić information content (AvgIpc) is 3.37. The van der Waals surface area contributed by atoms with E-state index in [9.17, 15) is 9.90 Å². The minimum atomic E-state index is -1.37. The molecule has 43 heavy (non-hydrogen) atoms. The van der Waals surface area contributed by atoms with E-state index in [-0.39, 0.29) is 5.88 Å². The molecule has 0 aliphatic rings. The Morgan fingerprint density at radius 3 is 2.56 bits per heavy atom. The third-order valence-corrected chi connectivity index (χ3v) is 7.40. The fourth-order valence-electron chi connectivity index (χ4n) is 5.34. The van der Waals surface area contributed by atoms with Gasteiger partial charge in [-0.05, 0) is 54.0 Å². The molecule has 0 amide bonds. The number of rotatable bonds is 11. The van der Waals surface area contributed by atoms with Crippen LogP contribution in [0, 0.1) is 6.92 Å². The molecule has 3 aromatic heterocycles. The first-order valence-corrected chi connectivity index (χ1v) is 14.2. The molecule has 0 aliphatic heterocycles. The van der Waals surface area contributed by atoms with E-state index in [2.05, 4.69) is 27.1 Å². The lowest BCUT2D eigenvalue weighted by atomic mass is 9.98. The second kappa shape index (κ2) is 12.7. The van der Waals surface area contributed by atoms with E-state index < -0.39 is 6.16 Å². The third-order valence-electron chi connectivity index (χ3n) is 7.40. The summed E-state index contributed by atoms with van der Waals surface area (Å²) in [5.41, 5.74) is 5.48. The molecule has 0 atom stereocenters. The van der Waals surface area contributed by atoms with Crippen LogP contribution in [0.15, 0.2) is 97.5 Å². The van der Waals surface area contributed by atoms with Crippen molar-refractivity contribution in [3.8, 4) is 28.6 Å². The highest BCUT2D eigenvalue weighted by atomic mass is 16.7. The standard InChI is InChI=1S/C35H31N3O5/c1-23-21-37-32(42-19-16-24-8-6-17-36-22-24)20-30(23)28-13-5-12-27-29(34(38-33(27)28)43-35(39)40)14-7-18-41-31-15-4-10-25-9-2-3-11-26(25)31/h2-6,8-13,15,17,20-22,38H,7,14,16,18-19H2,1H3,(H,39,40). The van der Waals surface area contributed by atoms with Crippen LogP contribution >= 0.6 is 0 Å². The SMILES string of the molecule is Cc1cnc(OCCc2cccnc2)cc1-c1cccc2c(CCCOc3cccc4ccccc34)c(OC(=O)O)[nH]c12. The van der Waals surface area contributed by atoms with Crippen molar-refractivity contribution in [2.75, 3.05) is 13.2 Å². The minimum Gasteiger partial charge on any atom is -0.493 e. The van der Waals surface area contributed by atoms with Crippen LogP contribution < -0.4 is 14.2 Å². The number of benzene rings is 3. The van der Waals surface area contributed by atoms with Gasteiger partial charge in [-0.25, -0.2) is 9.78 Å². The first-order chi connectivity index (χ1) is 21.1. The molecule has 3 aromatic carbocycles. The summed E-state index contributed by atoms with van der Waals surface area (Å²) in [5.74, 6) is 1.56. The Bertz CT molecular complexity index is 1880. The van der Waals surface area contributed by atoms with Crippen LogP contribution in [0.2, 0.25) is 0 Å². The topological polar surface area (TPSA) is 107 Å². The molecule has 6 rings (SSSR count). The summed E-state index contributed by atoms with van der Waals surface area (Å²) in [6, 6.07) is 25.9. The van der Waals surface area contributed by atoms with E-state index in [1.165, 1.54) is 0 Å². The molecule has 0 saturated heterocycles. The van der Waals surface area contributed by atoms with E-state index in [1.807, 2.05) is 79.9 Å². The molecule has 0 bridgehead atoms. The van der Waals surface area contributed by atoms with Gasteiger partial charge < -0.3 is 24.3 Å². The number of carbonyl (C=O) groups is 1. The summed E-state index contributed by atoms with van der Waals surface area (Å²) in [6.07, 6.45) is 5.94. The van der Waals surface area contributed by atoms with Gasteiger partial charge in [-0.2, -0.15) is 0 Å². The van der Waals surface area contributed by atoms with E-state index in [4.69, 9.17) is 14.2 Å². The van der Waals surface area contributed by atoms with Crippen LogP contribution in [-0.4, -0.2) is 39.4 Å². The van der Waals surface area contributed by atoms with Crippen molar-refractivity contribution in [1.29, 1.82) is 0 Å². The van der Waals surface area contributed by atoms with Crippen LogP contribution in [0.4, 0.5) is 4.79 Å². The maximum atomic E-state index is 11.6. The molecule has 8 nitrogen and oxygen atoms in total. The molecule has 0 aliphatic carbocycles. The zero-order chi connectivity index (χ0) is 29.6. The number of aromatic amines is 1. The number of para-hydroxylation sites is 1. The van der Waals surface area contributed by atoms with Gasteiger partial charge in [0.25, 0.3) is 0 Å². The van der Waals surface area contributed by atoms with Crippen molar-refractivity contribution in [3.63, 3.8) is 0 Å². The summed E-state index contributed by atoms with van der Waals surface area (Å²) < 4.78 is 17.3. The van der Waals surface area contributed by atoms with Gasteiger partial charge in [-0.1, -0.05) is 60.7 Å². The lowest BCUT2D eigenvalue weighted by molar-refractivity contribution is 0.142. The predicted molar refractivity (Wildman–Crippen MR) is 166 cm³/mol. The Labute approximate surface area is 248 Å². The van der Waals surface area contributed by atoms with E-state index in [1.54, 1.807) is 12.4 Å². The van der Waals surface area contributed by atoms with Gasteiger partial charge in [0.1, 0.15) is 5.75 Å². The largest absolute Gasteiger partial charge is 0.512 e. The first-order valence-electron chi connectivity index (χ1n) is 14.2. The fraction of sp³-hybridized carbons (Fsp3) is 0.171. The number of nitrogens with zero attached hydrogens (tertiary/aromatic N) is 2. The first kappa shape index (κ1) is 27.8. The number of aromatic nitrogens is 3. The Morgan fingerprint density at radius 1 is 0.860 bits per heavy atom. The Balaban J connectivity index is 1.23. The third kappa shape index (κ3) is 6.28. The molecule has 6 aromatic rings. The van der Waals surface area contributed by atoms with Crippen molar-refractivity contribution < 1.29 is 24.1 Å². The van der Waals surface area contributed by atoms with Crippen molar-refractivity contribution in [3.05, 3.63) is 114 Å². The van der Waals surface area contributed by atoms with Gasteiger partial charge >= 0.3 is 6.16 Å². The van der Waals surface area contributed by atoms with E-state index in [0.717, 1.165) is 55.2 Å². The highest BCUT2D eigenvalue weighted by Gasteiger charge is 2.19. The van der Waals surface area contributed by atoms with E-state index >= 15 is 0 Å². The van der Waals surface area contributed by atoms with Gasteiger partial charge in [0.2, 0.25) is 11.8 Å². The number of ether oxygens (including phenoxy) is 3. The Kier molecular flexibility index (Phi) is 8.17. The molecule has 0 radical (unpaired) electrons. The molecular weight excluding hydrogens is 542 g/mol. The van der Waals surface area contributed by atoms with Crippen molar-refractivity contribution in [2.24, 2.45) is 0 Å². The molecule has 0 unspecified atom stereocenters. The molecule has 8 heteroatoms. The van der Waals surface area contributed by atoms with Gasteiger partial charge in [0, 0.05) is 53.0 Å². The highest BCUT2D eigenvalue weighted by molar-refractivity contribution is 5.98. The minimum absolute atomic E-state index is 0.222. The number of H-pyrrole nitrogens is 1. The number of carboxylic acid groups (broad SMARTS) is 1. The van der Waals surface area contributed by atoms with Crippen LogP contribution in [-0.2, 0) is 12.8 Å². The van der Waals surface area contributed by atoms with Crippen molar-refractivity contribution >= 4 is 27.8 Å². The van der Waals surface area contributed by atoms with E-state index in [0.29, 0.717) is 38.4 Å². The van der Waals surface area contributed by atoms with Gasteiger partial charge in [-0.3, -0.25) is 4.98 Å². The van der Waals surface area contributed by atoms with Crippen LogP contribution in [0.1, 0.15) is 23.1 Å². The number of fused-ring (bicyclic) bond motifs is 2. The lowest BCUT2D eigenvalue weighted by Gasteiger charge is -2.11. The Morgan fingerprint density at radius 2 is 1.70 bits per heavy atom. The number of nitrogens with one attached hydrogen (secondary N) is 1. The maximum absolute atomic E-state index is 11.6. The van der Waals surface area contributed by atoms with Gasteiger partial charge in [-0.15, -0.1) is 0 Å². The summed E-state index contributed by atoms with van der Waals surface area (Å²) >= 11 is 0. The number of aryl methyl sites for hydroxylation is 2. The van der Waals surface area contributed by atoms with Crippen LogP contribution in [0.25, 0.3) is 32.8 Å². The quantitative estimate of drug-likeness (QED) is 0.120. The second-order valence-corrected chi connectivity index (χ2v) is 10.3. The zero-order valence-corrected chi connectivity index (χ0v) is 23.7. The maximum Gasteiger partial charge on any atom is 0.512 e. The highest BCUT2D eigenvalue weighted by Crippen LogP contribution is 2.37. The molecule has 3 heterocycles. The average molecular weight is 574 g/mol. The normalized spacial score (nSPS) is 11.1. The summed E-state index contributed by atoms with van der Waals surface area (Å²) in [7, 11) is 0. The number of hydrogen-bond acceptors (Lipinski definition) is 6. The summed E-state index contributed by atoms with van der Waals surface area (Å²) in [5, 5.41) is 12.6. The van der Waals surface area contributed by atoms with Crippen molar-refractivity contribution in [2.45, 2.75) is 26.2 Å². The second-order valence-electron chi connectivity index (χ2n) is 10.3. The molecule has 0 spiro atoms. The smallest absolute Gasteiger partial charge is 0.493 e. The Hall–Kier alpha value is -5.37. The number of hydrogen-bond donors (Lipinski definition) is 2. The van der Waals surface area contributed by atoms with Crippen LogP contribution in [0.3, 0.4) is 0 Å².